The summed E-state index contributed by atoms with van der Waals surface area (Å²) in [5.74, 6) is 2.22. The van der Waals surface area contributed by atoms with Gasteiger partial charge in [-0.05, 0) is 20.3 Å². The first-order chi connectivity index (χ1) is 8.02. The van der Waals surface area contributed by atoms with Crippen LogP contribution in [0.3, 0.4) is 0 Å². The van der Waals surface area contributed by atoms with Crippen LogP contribution in [0.4, 0.5) is 0 Å². The summed E-state index contributed by atoms with van der Waals surface area (Å²) < 4.78 is 0. The molecule has 0 aliphatic carbocycles. The fourth-order valence-corrected chi connectivity index (χ4v) is 2.70. The van der Waals surface area contributed by atoms with Crippen LogP contribution in [-0.2, 0) is 4.79 Å². The molecule has 0 unspecified atom stereocenters. The summed E-state index contributed by atoms with van der Waals surface area (Å²) in [6.45, 7) is 7.72. The third-order valence-electron chi connectivity index (χ3n) is 3.53. The zero-order chi connectivity index (χ0) is 12.9. The number of rotatable bonds is 5. The van der Waals surface area contributed by atoms with Crippen LogP contribution in [-0.4, -0.2) is 58.7 Å². The molecule has 1 aliphatic rings. The number of amides is 1. The van der Waals surface area contributed by atoms with Crippen molar-refractivity contribution in [1.29, 1.82) is 0 Å². The van der Waals surface area contributed by atoms with Crippen molar-refractivity contribution in [2.24, 2.45) is 0 Å². The summed E-state index contributed by atoms with van der Waals surface area (Å²) in [6, 6.07) is -0.103. The maximum atomic E-state index is 12.1. The van der Waals surface area contributed by atoms with E-state index in [1.165, 1.54) is 0 Å². The highest BCUT2D eigenvalue weighted by molar-refractivity contribution is 7.99. The molecule has 2 atom stereocenters. The van der Waals surface area contributed by atoms with Gasteiger partial charge in [-0.2, -0.15) is 11.8 Å². The third kappa shape index (κ3) is 4.16. The van der Waals surface area contributed by atoms with E-state index in [1.54, 1.807) is 0 Å². The predicted octanol–water partition coefficient (Wildman–Crippen LogP) is 0.701. The quantitative estimate of drug-likeness (QED) is 0.764. The van der Waals surface area contributed by atoms with Crippen LogP contribution in [0.2, 0.25) is 0 Å². The molecule has 0 aromatic heterocycles. The first-order valence-electron chi connectivity index (χ1n) is 6.27. The summed E-state index contributed by atoms with van der Waals surface area (Å²) in [5.41, 5.74) is -0.490. The van der Waals surface area contributed by atoms with Gasteiger partial charge in [0, 0.05) is 24.6 Å². The number of nitrogens with zero attached hydrogens (tertiary/aromatic N) is 1. The molecule has 1 amide bonds. The third-order valence-corrected chi connectivity index (χ3v) is 4.47. The van der Waals surface area contributed by atoms with Gasteiger partial charge in [-0.3, -0.25) is 9.69 Å². The fraction of sp³-hybridized carbons (Fsp3) is 0.917. The number of thioether (sulfide) groups is 1. The maximum absolute atomic E-state index is 12.1. The molecule has 1 rings (SSSR count). The van der Waals surface area contributed by atoms with E-state index in [2.05, 4.69) is 10.2 Å². The second-order valence-corrected chi connectivity index (χ2v) is 6.11. The van der Waals surface area contributed by atoms with Gasteiger partial charge in [0.1, 0.15) is 0 Å². The van der Waals surface area contributed by atoms with E-state index >= 15 is 0 Å². The van der Waals surface area contributed by atoms with Crippen molar-refractivity contribution < 1.29 is 9.90 Å². The van der Waals surface area contributed by atoms with Crippen LogP contribution < -0.4 is 5.32 Å². The van der Waals surface area contributed by atoms with E-state index in [0.717, 1.165) is 31.0 Å². The SMILES string of the molecule is CC[C@](C)(CO)NC(=O)[C@H](C)N1CCSCC1. The second kappa shape index (κ2) is 6.61. The molecular weight excluding hydrogens is 236 g/mol. The lowest BCUT2D eigenvalue weighted by Crippen LogP contribution is -2.55. The Morgan fingerprint density at radius 3 is 2.59 bits per heavy atom. The molecule has 1 fully saturated rings. The first-order valence-corrected chi connectivity index (χ1v) is 7.42. The Labute approximate surface area is 108 Å². The van der Waals surface area contributed by atoms with Gasteiger partial charge in [-0.15, -0.1) is 0 Å². The second-order valence-electron chi connectivity index (χ2n) is 4.89. The number of aliphatic hydroxyl groups is 1. The molecule has 0 radical (unpaired) electrons. The van der Waals surface area contributed by atoms with Crippen molar-refractivity contribution in [2.75, 3.05) is 31.2 Å². The standard InChI is InChI=1S/C12H24N2O2S/c1-4-12(3,9-15)13-11(16)10(2)14-5-7-17-8-6-14/h10,15H,4-9H2,1-3H3,(H,13,16)/t10-,12+/m0/s1. The van der Waals surface area contributed by atoms with Crippen LogP contribution in [0, 0.1) is 0 Å². The minimum atomic E-state index is -0.490. The van der Waals surface area contributed by atoms with E-state index < -0.39 is 5.54 Å². The predicted molar refractivity (Wildman–Crippen MR) is 72.3 cm³/mol. The van der Waals surface area contributed by atoms with E-state index in [0.29, 0.717) is 0 Å². The Kier molecular flexibility index (Phi) is 5.76. The van der Waals surface area contributed by atoms with E-state index in [9.17, 15) is 9.90 Å². The average Bonchev–Trinajstić information content (AvgIpc) is 2.38. The van der Waals surface area contributed by atoms with Gasteiger partial charge in [0.15, 0.2) is 0 Å². The van der Waals surface area contributed by atoms with Gasteiger partial charge in [0.05, 0.1) is 18.2 Å². The average molecular weight is 260 g/mol. The fourth-order valence-electron chi connectivity index (χ4n) is 1.77. The minimum absolute atomic E-state index is 0.0161. The van der Waals surface area contributed by atoms with Crippen molar-refractivity contribution >= 4 is 17.7 Å². The Bertz CT molecular complexity index is 251. The Morgan fingerprint density at radius 2 is 2.12 bits per heavy atom. The van der Waals surface area contributed by atoms with Gasteiger partial charge in [0.2, 0.25) is 5.91 Å². The highest BCUT2D eigenvalue weighted by atomic mass is 32.2. The van der Waals surface area contributed by atoms with Crippen LogP contribution in [0.1, 0.15) is 27.2 Å². The van der Waals surface area contributed by atoms with E-state index in [-0.39, 0.29) is 18.6 Å². The number of nitrogens with one attached hydrogen (secondary N) is 1. The largest absolute Gasteiger partial charge is 0.394 e. The summed E-state index contributed by atoms with van der Waals surface area (Å²) in [4.78, 5) is 14.3. The molecule has 100 valence electrons. The van der Waals surface area contributed by atoms with Crippen LogP contribution in [0.5, 0.6) is 0 Å². The molecule has 1 heterocycles. The number of aliphatic hydroxyl groups excluding tert-OH is 1. The molecule has 2 N–H and O–H groups in total. The van der Waals surface area contributed by atoms with E-state index in [1.807, 2.05) is 32.5 Å². The molecule has 1 aliphatic heterocycles. The summed E-state index contributed by atoms with van der Waals surface area (Å²) in [5, 5.41) is 12.2. The molecule has 4 nitrogen and oxygen atoms in total. The van der Waals surface area contributed by atoms with Gasteiger partial charge >= 0.3 is 0 Å². The van der Waals surface area contributed by atoms with Crippen molar-refractivity contribution in [1.82, 2.24) is 10.2 Å². The lowest BCUT2D eigenvalue weighted by atomic mass is 9.99. The summed E-state index contributed by atoms with van der Waals surface area (Å²) in [7, 11) is 0. The number of carbonyl (C=O) groups excluding carboxylic acids is 1. The van der Waals surface area contributed by atoms with Crippen molar-refractivity contribution in [3.63, 3.8) is 0 Å². The number of hydrogen-bond acceptors (Lipinski definition) is 4. The molecule has 1 saturated heterocycles. The van der Waals surface area contributed by atoms with Crippen LogP contribution in [0.25, 0.3) is 0 Å². The van der Waals surface area contributed by atoms with Gasteiger partial charge in [-0.25, -0.2) is 0 Å². The van der Waals surface area contributed by atoms with Gasteiger partial charge < -0.3 is 10.4 Å². The summed E-state index contributed by atoms with van der Waals surface area (Å²) in [6.07, 6.45) is 0.734. The lowest BCUT2D eigenvalue weighted by molar-refractivity contribution is -0.128. The Balaban J connectivity index is 2.50. The Hall–Kier alpha value is -0.260. The number of hydrogen-bond donors (Lipinski definition) is 2. The molecular formula is C12H24N2O2S. The zero-order valence-corrected chi connectivity index (χ0v) is 11.8. The smallest absolute Gasteiger partial charge is 0.237 e. The van der Waals surface area contributed by atoms with Gasteiger partial charge in [-0.1, -0.05) is 6.92 Å². The molecule has 5 heteroatoms. The molecule has 17 heavy (non-hydrogen) atoms. The first kappa shape index (κ1) is 14.8. The monoisotopic (exact) mass is 260 g/mol. The minimum Gasteiger partial charge on any atom is -0.394 e. The molecule has 0 bridgehead atoms. The molecule has 0 saturated carbocycles. The molecule has 0 aromatic rings. The summed E-state index contributed by atoms with van der Waals surface area (Å²) >= 11 is 1.94. The van der Waals surface area contributed by atoms with Crippen molar-refractivity contribution in [3.05, 3.63) is 0 Å². The Morgan fingerprint density at radius 1 is 1.53 bits per heavy atom. The zero-order valence-electron chi connectivity index (χ0n) is 11.0. The van der Waals surface area contributed by atoms with Crippen LogP contribution in [0.15, 0.2) is 0 Å². The lowest BCUT2D eigenvalue weighted by Gasteiger charge is -2.34. The normalized spacial score (nSPS) is 22.8. The number of carbonyl (C=O) groups is 1. The van der Waals surface area contributed by atoms with Crippen molar-refractivity contribution in [2.45, 2.75) is 38.8 Å². The highest BCUT2D eigenvalue weighted by Gasteiger charge is 2.29. The van der Waals surface area contributed by atoms with E-state index in [4.69, 9.17) is 0 Å². The van der Waals surface area contributed by atoms with Crippen molar-refractivity contribution in [3.8, 4) is 0 Å². The molecule has 0 aromatic carbocycles. The van der Waals surface area contributed by atoms with Crippen LogP contribution >= 0.6 is 11.8 Å². The molecule has 0 spiro atoms. The topological polar surface area (TPSA) is 52.6 Å². The van der Waals surface area contributed by atoms with Gasteiger partial charge in [0.25, 0.3) is 0 Å². The highest BCUT2D eigenvalue weighted by Crippen LogP contribution is 2.14. The maximum Gasteiger partial charge on any atom is 0.237 e.